The molecule has 0 aliphatic heterocycles. The summed E-state index contributed by atoms with van der Waals surface area (Å²) < 4.78 is 10.5. The molecule has 1 N–H and O–H groups in total. The van der Waals surface area contributed by atoms with Crippen molar-refractivity contribution in [2.75, 3.05) is 19.5 Å². The number of para-hydroxylation sites is 1. The fraction of sp³-hybridized carbons (Fsp3) is 0.222. The van der Waals surface area contributed by atoms with Gasteiger partial charge in [0.2, 0.25) is 6.10 Å². The Morgan fingerprint density at radius 2 is 1.96 bits per heavy atom. The number of amides is 1. The molecular weight excluding hydrogens is 379 g/mol. The summed E-state index contributed by atoms with van der Waals surface area (Å²) in [6.07, 6.45) is 0.593. The van der Waals surface area contributed by atoms with Gasteiger partial charge < -0.3 is 19.6 Å². The fourth-order valence-corrected chi connectivity index (χ4v) is 2.40. The van der Waals surface area contributed by atoms with E-state index < -0.39 is 12.0 Å². The maximum absolute atomic E-state index is 12.2. The number of benzene rings is 2. The first-order chi connectivity index (χ1) is 12.5. The minimum atomic E-state index is -0.849. The second kappa shape index (κ2) is 9.31. The molecule has 2 aromatic carbocycles. The molecule has 0 saturated carbocycles. The van der Waals surface area contributed by atoms with Crippen LogP contribution in [0, 0.1) is 0 Å². The highest BCUT2D eigenvalue weighted by atomic mass is 35.5. The maximum atomic E-state index is 12.2. The van der Waals surface area contributed by atoms with Crippen molar-refractivity contribution in [3.8, 4) is 11.5 Å². The zero-order valence-corrected chi connectivity index (χ0v) is 16.0. The summed E-state index contributed by atoms with van der Waals surface area (Å²) in [5.74, 6) is 0.673. The van der Waals surface area contributed by atoms with E-state index in [4.69, 9.17) is 37.5 Å². The molecule has 138 valence electrons. The molecule has 0 aromatic heterocycles. The standard InChI is InChI=1S/C18H18Cl2N2O4/c1-11(18(23)22-15-9-13(19)7-8-14(15)20)26-21-10-12-5-4-6-16(24-2)17(12)25-3/h4-11H,1-3H3,(H,22,23)/b21-10-/t11-/m0/s1. The summed E-state index contributed by atoms with van der Waals surface area (Å²) >= 11 is 11.9. The molecule has 2 rings (SSSR count). The van der Waals surface area contributed by atoms with Gasteiger partial charge in [-0.3, -0.25) is 4.79 Å². The average Bonchev–Trinajstić information content (AvgIpc) is 2.64. The van der Waals surface area contributed by atoms with Crippen molar-refractivity contribution in [3.05, 3.63) is 52.0 Å². The van der Waals surface area contributed by atoms with Gasteiger partial charge in [-0.25, -0.2) is 0 Å². The normalized spacial score (nSPS) is 11.9. The Hall–Kier alpha value is -2.44. The number of carbonyl (C=O) groups excluding carboxylic acids is 1. The Morgan fingerprint density at radius 3 is 2.65 bits per heavy atom. The van der Waals surface area contributed by atoms with E-state index >= 15 is 0 Å². The van der Waals surface area contributed by atoms with E-state index in [9.17, 15) is 4.79 Å². The third-order valence-corrected chi connectivity index (χ3v) is 3.96. The van der Waals surface area contributed by atoms with Gasteiger partial charge in [0, 0.05) is 10.6 Å². The van der Waals surface area contributed by atoms with Crippen LogP contribution >= 0.6 is 23.2 Å². The summed E-state index contributed by atoms with van der Waals surface area (Å²) in [4.78, 5) is 17.4. The number of hydrogen-bond donors (Lipinski definition) is 1. The molecule has 6 nitrogen and oxygen atoms in total. The molecule has 0 heterocycles. The number of carbonyl (C=O) groups is 1. The number of ether oxygens (including phenoxy) is 2. The molecule has 0 saturated heterocycles. The number of nitrogens with zero attached hydrogens (tertiary/aromatic N) is 1. The van der Waals surface area contributed by atoms with Gasteiger partial charge in [-0.05, 0) is 37.3 Å². The second-order valence-electron chi connectivity index (χ2n) is 5.18. The van der Waals surface area contributed by atoms with Crippen molar-refractivity contribution in [2.24, 2.45) is 5.16 Å². The van der Waals surface area contributed by atoms with Gasteiger partial charge in [-0.1, -0.05) is 34.4 Å². The highest BCUT2D eigenvalue weighted by molar-refractivity contribution is 6.35. The molecule has 0 fully saturated rings. The number of oxime groups is 1. The lowest BCUT2D eigenvalue weighted by Gasteiger charge is -2.12. The van der Waals surface area contributed by atoms with E-state index in [1.807, 2.05) is 0 Å². The van der Waals surface area contributed by atoms with Gasteiger partial charge >= 0.3 is 0 Å². The largest absolute Gasteiger partial charge is 0.493 e. The Balaban J connectivity index is 2.02. The second-order valence-corrected chi connectivity index (χ2v) is 6.02. The van der Waals surface area contributed by atoms with E-state index in [1.54, 1.807) is 50.4 Å². The van der Waals surface area contributed by atoms with Gasteiger partial charge in [0.25, 0.3) is 5.91 Å². The van der Waals surface area contributed by atoms with Crippen molar-refractivity contribution in [1.29, 1.82) is 0 Å². The number of rotatable bonds is 7. The zero-order valence-electron chi connectivity index (χ0n) is 14.5. The highest BCUT2D eigenvalue weighted by Crippen LogP contribution is 2.29. The van der Waals surface area contributed by atoms with Gasteiger partial charge in [-0.15, -0.1) is 0 Å². The third-order valence-electron chi connectivity index (χ3n) is 3.40. The smallest absolute Gasteiger partial charge is 0.268 e. The summed E-state index contributed by atoms with van der Waals surface area (Å²) in [6, 6.07) is 10.1. The van der Waals surface area contributed by atoms with Crippen molar-refractivity contribution in [3.63, 3.8) is 0 Å². The molecule has 0 spiro atoms. The van der Waals surface area contributed by atoms with Crippen LogP contribution in [0.25, 0.3) is 0 Å². The van der Waals surface area contributed by atoms with Crippen molar-refractivity contribution in [1.82, 2.24) is 0 Å². The average molecular weight is 397 g/mol. The number of anilines is 1. The maximum Gasteiger partial charge on any atom is 0.268 e. The highest BCUT2D eigenvalue weighted by Gasteiger charge is 2.16. The lowest BCUT2D eigenvalue weighted by atomic mass is 10.2. The Morgan fingerprint density at radius 1 is 1.19 bits per heavy atom. The van der Waals surface area contributed by atoms with Crippen LogP contribution in [0.4, 0.5) is 5.69 Å². The Bertz CT molecular complexity index is 812. The first-order valence-corrected chi connectivity index (χ1v) is 8.38. The molecule has 0 unspecified atom stereocenters. The SMILES string of the molecule is COc1cccc(/C=N\O[C@@H](C)C(=O)Nc2cc(Cl)ccc2Cl)c1OC. The van der Waals surface area contributed by atoms with Gasteiger partial charge in [0.05, 0.1) is 31.1 Å². The van der Waals surface area contributed by atoms with Crippen LogP contribution in [0.3, 0.4) is 0 Å². The fourth-order valence-electron chi connectivity index (χ4n) is 2.07. The predicted octanol–water partition coefficient (Wildman–Crippen LogP) is 4.39. The van der Waals surface area contributed by atoms with Gasteiger partial charge in [0.15, 0.2) is 11.5 Å². The molecule has 0 aliphatic carbocycles. The molecule has 1 atom stereocenters. The number of methoxy groups -OCH3 is 2. The Kier molecular flexibility index (Phi) is 7.12. The van der Waals surface area contributed by atoms with Crippen molar-refractivity contribution in [2.45, 2.75) is 13.0 Å². The van der Waals surface area contributed by atoms with E-state index in [1.165, 1.54) is 13.3 Å². The van der Waals surface area contributed by atoms with Gasteiger partial charge in [0.1, 0.15) is 0 Å². The minimum absolute atomic E-state index is 0.375. The monoisotopic (exact) mass is 396 g/mol. The Labute approximate surface area is 161 Å². The number of halogens is 2. The zero-order chi connectivity index (χ0) is 19.1. The van der Waals surface area contributed by atoms with Crippen LogP contribution in [0.2, 0.25) is 10.0 Å². The van der Waals surface area contributed by atoms with Crippen LogP contribution in [0.1, 0.15) is 12.5 Å². The lowest BCUT2D eigenvalue weighted by molar-refractivity contribution is -0.126. The van der Waals surface area contributed by atoms with Crippen LogP contribution in [0.15, 0.2) is 41.6 Å². The van der Waals surface area contributed by atoms with E-state index in [0.29, 0.717) is 32.8 Å². The molecule has 2 aromatic rings. The molecule has 1 amide bonds. The first-order valence-electron chi connectivity index (χ1n) is 7.62. The third kappa shape index (κ3) is 5.03. The van der Waals surface area contributed by atoms with Crippen LogP contribution < -0.4 is 14.8 Å². The van der Waals surface area contributed by atoms with Gasteiger partial charge in [-0.2, -0.15) is 0 Å². The molecule has 8 heteroatoms. The minimum Gasteiger partial charge on any atom is -0.493 e. The summed E-state index contributed by atoms with van der Waals surface area (Å²) in [5, 5.41) is 7.32. The van der Waals surface area contributed by atoms with E-state index in [2.05, 4.69) is 10.5 Å². The number of nitrogens with one attached hydrogen (secondary N) is 1. The van der Waals surface area contributed by atoms with Crippen molar-refractivity contribution >= 4 is 41.0 Å². The summed E-state index contributed by atoms with van der Waals surface area (Å²) in [5.41, 5.74) is 1.05. The molecular formula is C18H18Cl2N2O4. The molecule has 0 aliphatic rings. The van der Waals surface area contributed by atoms with Crippen LogP contribution in [0.5, 0.6) is 11.5 Å². The molecule has 0 bridgehead atoms. The predicted molar refractivity (Wildman–Crippen MR) is 103 cm³/mol. The molecule has 0 radical (unpaired) electrons. The molecule has 26 heavy (non-hydrogen) atoms. The topological polar surface area (TPSA) is 69.2 Å². The van der Waals surface area contributed by atoms with E-state index in [-0.39, 0.29) is 0 Å². The van der Waals surface area contributed by atoms with Crippen LogP contribution in [-0.2, 0) is 9.63 Å². The van der Waals surface area contributed by atoms with E-state index in [0.717, 1.165) is 0 Å². The summed E-state index contributed by atoms with van der Waals surface area (Å²) in [6.45, 7) is 1.56. The summed E-state index contributed by atoms with van der Waals surface area (Å²) in [7, 11) is 3.07. The van der Waals surface area contributed by atoms with Crippen LogP contribution in [-0.4, -0.2) is 32.4 Å². The first kappa shape index (κ1) is 19.9. The number of hydrogen-bond acceptors (Lipinski definition) is 5. The quantitative estimate of drug-likeness (QED) is 0.556. The van der Waals surface area contributed by atoms with Crippen molar-refractivity contribution < 1.29 is 19.1 Å². The lowest BCUT2D eigenvalue weighted by Crippen LogP contribution is -2.26.